The summed E-state index contributed by atoms with van der Waals surface area (Å²) in [5.74, 6) is 1.11. The van der Waals surface area contributed by atoms with Crippen LogP contribution >= 0.6 is 0 Å². The Morgan fingerprint density at radius 2 is 1.80 bits per heavy atom. The fourth-order valence-corrected chi connectivity index (χ4v) is 5.78. The molecule has 0 aliphatic carbocycles. The van der Waals surface area contributed by atoms with E-state index in [1.54, 1.807) is 28.0 Å². The number of nitrogens with one attached hydrogen (secondary N) is 2. The lowest BCUT2D eigenvalue weighted by Gasteiger charge is -2.37. The number of aromatic nitrogens is 5. The Labute approximate surface area is 257 Å². The summed E-state index contributed by atoms with van der Waals surface area (Å²) in [6.07, 6.45) is 6.91. The molecule has 3 aromatic heterocycles. The van der Waals surface area contributed by atoms with Gasteiger partial charge in [0.15, 0.2) is 11.5 Å². The number of likely N-dealkylation sites (N-methyl/N-ethyl adjacent to an activating group) is 2. The number of piperidine rings is 1. The van der Waals surface area contributed by atoms with Gasteiger partial charge in [-0.1, -0.05) is 32.9 Å². The molecule has 0 saturated carbocycles. The minimum atomic E-state index is -0.292. The molecule has 2 amide bonds. The van der Waals surface area contributed by atoms with E-state index in [0.29, 0.717) is 29.5 Å². The first-order valence-corrected chi connectivity index (χ1v) is 15.1. The normalized spacial score (nSPS) is 19.8. The maximum atomic E-state index is 13.0. The number of nitrogens with zero attached hydrogens (tertiary/aromatic N) is 8. The van der Waals surface area contributed by atoms with Crippen LogP contribution in [0.25, 0.3) is 5.65 Å². The van der Waals surface area contributed by atoms with Crippen LogP contribution in [0, 0.1) is 0 Å². The van der Waals surface area contributed by atoms with E-state index in [2.05, 4.69) is 51.2 Å². The number of rotatable bonds is 6. The average Bonchev–Trinajstić information content (AvgIpc) is 3.49. The van der Waals surface area contributed by atoms with E-state index >= 15 is 0 Å². The van der Waals surface area contributed by atoms with Gasteiger partial charge in [0.25, 0.3) is 5.91 Å². The van der Waals surface area contributed by atoms with Crippen molar-refractivity contribution in [3.8, 4) is 0 Å². The van der Waals surface area contributed by atoms with Crippen LogP contribution in [0.1, 0.15) is 61.3 Å². The predicted molar refractivity (Wildman–Crippen MR) is 169 cm³/mol. The summed E-state index contributed by atoms with van der Waals surface area (Å²) in [7, 11) is 3.83. The van der Waals surface area contributed by atoms with Gasteiger partial charge in [-0.25, -0.2) is 9.50 Å². The maximum absolute atomic E-state index is 13.0. The van der Waals surface area contributed by atoms with Gasteiger partial charge in [-0.15, -0.1) is 5.10 Å². The molecule has 1 aromatic carbocycles. The monoisotopic (exact) mass is 596 g/mol. The quantitative estimate of drug-likeness (QED) is 0.345. The standard InChI is InChI=1S/C32H40N10O2/c1-32(2,3)25-13-10-22(19-34-25)29(43)36-24-7-6-15-41(20-24)31-37-27(28-33-14-16-42(28)38-31)35-23-11-8-21(9-12-23)26-30(44)40(5)18-17-39(26)4/h8-14,16,19,24,26H,6-7,15,17-18,20H2,1-5H3,(H,36,43)(H,35,37,38). The number of hydrogen-bond acceptors (Lipinski definition) is 9. The molecule has 2 unspecified atom stereocenters. The Morgan fingerprint density at radius 3 is 2.52 bits per heavy atom. The van der Waals surface area contributed by atoms with Crippen molar-refractivity contribution in [1.82, 2.24) is 39.7 Å². The van der Waals surface area contributed by atoms with Gasteiger partial charge in [-0.2, -0.15) is 4.98 Å². The highest BCUT2D eigenvalue weighted by Crippen LogP contribution is 2.28. The van der Waals surface area contributed by atoms with E-state index in [0.717, 1.165) is 49.4 Å². The van der Waals surface area contributed by atoms with Crippen molar-refractivity contribution in [2.75, 3.05) is 50.5 Å². The average molecular weight is 597 g/mol. The number of amides is 2. The molecule has 2 fully saturated rings. The van der Waals surface area contributed by atoms with Crippen molar-refractivity contribution in [2.24, 2.45) is 0 Å². The van der Waals surface area contributed by atoms with Gasteiger partial charge >= 0.3 is 0 Å². The summed E-state index contributed by atoms with van der Waals surface area (Å²) in [5, 5.41) is 11.3. The van der Waals surface area contributed by atoms with Crippen LogP contribution in [0.15, 0.2) is 55.0 Å². The summed E-state index contributed by atoms with van der Waals surface area (Å²) >= 11 is 0. The van der Waals surface area contributed by atoms with E-state index in [-0.39, 0.29) is 29.3 Å². The molecule has 4 aromatic rings. The van der Waals surface area contributed by atoms with Crippen molar-refractivity contribution >= 4 is 34.9 Å². The number of carbonyl (C=O) groups is 2. The molecule has 2 saturated heterocycles. The Kier molecular flexibility index (Phi) is 7.93. The van der Waals surface area contributed by atoms with Crippen LogP contribution in [-0.4, -0.2) is 92.5 Å². The van der Waals surface area contributed by atoms with Crippen molar-refractivity contribution in [1.29, 1.82) is 0 Å². The van der Waals surface area contributed by atoms with Gasteiger partial charge in [-0.3, -0.25) is 19.5 Å². The second-order valence-corrected chi connectivity index (χ2v) is 12.8. The Morgan fingerprint density at radius 1 is 1.00 bits per heavy atom. The first kappa shape index (κ1) is 29.5. The van der Waals surface area contributed by atoms with Crippen LogP contribution in [0.4, 0.5) is 17.5 Å². The number of fused-ring (bicyclic) bond motifs is 1. The van der Waals surface area contributed by atoms with Crippen LogP contribution in [0.2, 0.25) is 0 Å². The smallest absolute Gasteiger partial charge is 0.253 e. The topological polar surface area (TPSA) is 124 Å². The minimum Gasteiger partial charge on any atom is -0.347 e. The van der Waals surface area contributed by atoms with E-state index in [1.807, 2.05) is 50.5 Å². The minimum absolute atomic E-state index is 0.0516. The highest BCUT2D eigenvalue weighted by atomic mass is 16.2. The number of carbonyl (C=O) groups excluding carboxylic acids is 2. The van der Waals surface area contributed by atoms with E-state index in [1.165, 1.54) is 0 Å². The van der Waals surface area contributed by atoms with E-state index in [4.69, 9.17) is 10.1 Å². The van der Waals surface area contributed by atoms with Gasteiger partial charge in [0, 0.05) is 74.7 Å². The second-order valence-electron chi connectivity index (χ2n) is 12.8. The fraction of sp³-hybridized carbons (Fsp3) is 0.438. The van der Waals surface area contributed by atoms with Crippen LogP contribution < -0.4 is 15.5 Å². The van der Waals surface area contributed by atoms with Gasteiger partial charge < -0.3 is 20.4 Å². The summed E-state index contributed by atoms with van der Waals surface area (Å²) in [6.45, 7) is 9.23. The number of benzene rings is 1. The van der Waals surface area contributed by atoms with Crippen molar-refractivity contribution in [3.05, 3.63) is 71.8 Å². The molecule has 12 heteroatoms. The summed E-state index contributed by atoms with van der Waals surface area (Å²) in [4.78, 5) is 45.7. The van der Waals surface area contributed by atoms with Gasteiger partial charge in [0.05, 0.1) is 5.56 Å². The third-order valence-electron chi connectivity index (χ3n) is 8.40. The van der Waals surface area contributed by atoms with Crippen molar-refractivity contribution < 1.29 is 9.59 Å². The Hall–Kier alpha value is -4.58. The lowest BCUT2D eigenvalue weighted by atomic mass is 9.91. The molecule has 230 valence electrons. The van der Waals surface area contributed by atoms with Gasteiger partial charge in [0.2, 0.25) is 11.9 Å². The Balaban J connectivity index is 1.16. The first-order valence-electron chi connectivity index (χ1n) is 15.1. The summed E-state index contributed by atoms with van der Waals surface area (Å²) in [6, 6.07) is 11.3. The molecule has 0 spiro atoms. The van der Waals surface area contributed by atoms with E-state index in [9.17, 15) is 9.59 Å². The lowest BCUT2D eigenvalue weighted by Crippen LogP contribution is -2.48. The molecule has 0 radical (unpaired) electrons. The molecule has 12 nitrogen and oxygen atoms in total. The molecule has 2 atom stereocenters. The van der Waals surface area contributed by atoms with Gasteiger partial charge in [0.1, 0.15) is 6.04 Å². The Bertz CT molecular complexity index is 1640. The first-order chi connectivity index (χ1) is 21.1. The molecule has 44 heavy (non-hydrogen) atoms. The fourth-order valence-electron chi connectivity index (χ4n) is 5.78. The summed E-state index contributed by atoms with van der Waals surface area (Å²) in [5.41, 5.74) is 3.81. The number of piperazine rings is 1. The molecular weight excluding hydrogens is 556 g/mol. The third kappa shape index (κ3) is 6.07. The summed E-state index contributed by atoms with van der Waals surface area (Å²) < 4.78 is 1.72. The highest BCUT2D eigenvalue weighted by molar-refractivity contribution is 5.94. The lowest BCUT2D eigenvalue weighted by molar-refractivity contribution is -0.139. The predicted octanol–water partition coefficient (Wildman–Crippen LogP) is 3.40. The second kappa shape index (κ2) is 11.8. The SMILES string of the molecule is CN1CCN(C)C(c2ccc(Nc3nc(N4CCCC(NC(=O)c5ccc(C(C)(C)C)nc5)C4)nn4ccnc34)cc2)C1=O. The molecule has 2 aliphatic heterocycles. The van der Waals surface area contributed by atoms with E-state index < -0.39 is 0 Å². The largest absolute Gasteiger partial charge is 0.347 e. The number of anilines is 3. The van der Waals surface area contributed by atoms with Crippen LogP contribution in [0.3, 0.4) is 0 Å². The zero-order valence-electron chi connectivity index (χ0n) is 26.0. The molecule has 5 heterocycles. The van der Waals surface area contributed by atoms with Crippen molar-refractivity contribution in [3.63, 3.8) is 0 Å². The zero-order valence-corrected chi connectivity index (χ0v) is 26.0. The maximum Gasteiger partial charge on any atom is 0.253 e. The number of pyridine rings is 1. The molecule has 2 N–H and O–H groups in total. The molecule has 2 aliphatic rings. The molecule has 0 bridgehead atoms. The zero-order chi connectivity index (χ0) is 31.0. The number of hydrogen-bond donors (Lipinski definition) is 2. The van der Waals surface area contributed by atoms with Gasteiger partial charge in [-0.05, 0) is 49.7 Å². The molecular formula is C32H40N10O2. The molecule has 6 rings (SSSR count). The third-order valence-corrected chi connectivity index (χ3v) is 8.40. The van der Waals surface area contributed by atoms with Crippen LogP contribution in [0.5, 0.6) is 0 Å². The highest BCUT2D eigenvalue weighted by Gasteiger charge is 2.32. The van der Waals surface area contributed by atoms with Crippen LogP contribution in [-0.2, 0) is 10.2 Å². The number of imidazole rings is 1. The van der Waals surface area contributed by atoms with Crippen molar-refractivity contribution in [2.45, 2.75) is 51.1 Å².